The molecule has 0 saturated heterocycles. The molecule has 0 bridgehead atoms. The molecule has 3 N–H and O–H groups in total. The Morgan fingerprint density at radius 1 is 1.32 bits per heavy atom. The molecule has 2 rings (SSSR count). The minimum Gasteiger partial charge on any atom is -0.271 e. The largest absolute Gasteiger partial charge is 0.271 e. The van der Waals surface area contributed by atoms with Gasteiger partial charge in [-0.05, 0) is 48.3 Å². The van der Waals surface area contributed by atoms with Gasteiger partial charge in [0.15, 0.2) is 0 Å². The summed E-state index contributed by atoms with van der Waals surface area (Å²) in [6.07, 6.45) is 3.75. The quantitative estimate of drug-likeness (QED) is 0.616. The van der Waals surface area contributed by atoms with Crippen LogP contribution in [0.4, 0.5) is 0 Å². The van der Waals surface area contributed by atoms with Crippen molar-refractivity contribution in [2.24, 2.45) is 23.6 Å². The third-order valence-electron chi connectivity index (χ3n) is 4.59. The number of rotatable bonds is 3. The van der Waals surface area contributed by atoms with Gasteiger partial charge in [-0.3, -0.25) is 11.3 Å². The van der Waals surface area contributed by atoms with Crippen molar-refractivity contribution in [3.05, 3.63) is 33.3 Å². The van der Waals surface area contributed by atoms with Crippen LogP contribution in [0.3, 0.4) is 0 Å². The molecule has 19 heavy (non-hydrogen) atoms. The first kappa shape index (κ1) is 15.3. The summed E-state index contributed by atoms with van der Waals surface area (Å²) in [6, 6.07) is 6.14. The average Bonchev–Trinajstić information content (AvgIpc) is 2.37. The second kappa shape index (κ2) is 6.57. The Bertz CT molecular complexity index is 438. The van der Waals surface area contributed by atoms with E-state index < -0.39 is 0 Å². The molecule has 1 aromatic carbocycles. The van der Waals surface area contributed by atoms with Gasteiger partial charge < -0.3 is 0 Å². The van der Waals surface area contributed by atoms with Gasteiger partial charge in [-0.1, -0.05) is 53.9 Å². The first-order valence-electron chi connectivity index (χ1n) is 6.94. The fourth-order valence-electron chi connectivity index (χ4n) is 3.13. The number of nitrogens with one attached hydrogen (secondary N) is 1. The fourth-order valence-corrected chi connectivity index (χ4v) is 4.05. The molecule has 4 atom stereocenters. The molecule has 0 amide bonds. The monoisotopic (exact) mass is 344 g/mol. The summed E-state index contributed by atoms with van der Waals surface area (Å²) < 4.78 is 1.04. The van der Waals surface area contributed by atoms with Crippen molar-refractivity contribution in [3.63, 3.8) is 0 Å². The molecule has 0 heterocycles. The van der Waals surface area contributed by atoms with Gasteiger partial charge in [0.25, 0.3) is 0 Å². The van der Waals surface area contributed by atoms with Crippen molar-refractivity contribution in [2.75, 3.05) is 0 Å². The highest BCUT2D eigenvalue weighted by Crippen LogP contribution is 2.41. The van der Waals surface area contributed by atoms with E-state index in [-0.39, 0.29) is 6.04 Å². The Labute approximate surface area is 129 Å². The summed E-state index contributed by atoms with van der Waals surface area (Å²) in [5, 5.41) is 0.747. The molecule has 2 nitrogen and oxygen atoms in total. The SMILES string of the molecule is CC1CCC(C(NN)c2ccc(Cl)cc2Br)CC1C. The molecule has 1 saturated carbocycles. The van der Waals surface area contributed by atoms with Crippen LogP contribution in [-0.2, 0) is 0 Å². The van der Waals surface area contributed by atoms with E-state index in [1.807, 2.05) is 12.1 Å². The molecule has 4 unspecified atom stereocenters. The Morgan fingerprint density at radius 2 is 2.05 bits per heavy atom. The van der Waals surface area contributed by atoms with Crippen LogP contribution < -0.4 is 11.3 Å². The third-order valence-corrected chi connectivity index (χ3v) is 5.51. The number of nitrogens with two attached hydrogens (primary N) is 1. The molecule has 1 aromatic rings. The second-order valence-corrected chi connectivity index (χ2v) is 7.13. The maximum Gasteiger partial charge on any atom is 0.0499 e. The smallest absolute Gasteiger partial charge is 0.0499 e. The van der Waals surface area contributed by atoms with E-state index in [0.717, 1.165) is 21.3 Å². The number of halogens is 2. The van der Waals surface area contributed by atoms with E-state index in [9.17, 15) is 0 Å². The predicted molar refractivity (Wildman–Crippen MR) is 84.9 cm³/mol. The zero-order chi connectivity index (χ0) is 14.0. The lowest BCUT2D eigenvalue weighted by Gasteiger charge is -2.37. The molecular weight excluding hydrogens is 324 g/mol. The minimum absolute atomic E-state index is 0.196. The lowest BCUT2D eigenvalue weighted by molar-refractivity contribution is 0.171. The van der Waals surface area contributed by atoms with E-state index in [1.165, 1.54) is 24.8 Å². The lowest BCUT2D eigenvalue weighted by Crippen LogP contribution is -2.37. The average molecular weight is 346 g/mol. The molecule has 106 valence electrons. The lowest BCUT2D eigenvalue weighted by atomic mass is 9.72. The van der Waals surface area contributed by atoms with Crippen LogP contribution in [0.5, 0.6) is 0 Å². The predicted octanol–water partition coefficient (Wildman–Crippen LogP) is 4.68. The third kappa shape index (κ3) is 3.52. The molecule has 0 radical (unpaired) electrons. The Hall–Kier alpha value is -0.0900. The number of hydrazine groups is 1. The van der Waals surface area contributed by atoms with Crippen LogP contribution in [0.1, 0.15) is 44.7 Å². The van der Waals surface area contributed by atoms with Crippen molar-refractivity contribution >= 4 is 27.5 Å². The van der Waals surface area contributed by atoms with Crippen molar-refractivity contribution in [1.82, 2.24) is 5.43 Å². The molecular formula is C15H22BrClN2. The second-order valence-electron chi connectivity index (χ2n) is 5.84. The van der Waals surface area contributed by atoms with Crippen LogP contribution in [-0.4, -0.2) is 0 Å². The Morgan fingerprint density at radius 3 is 2.63 bits per heavy atom. The van der Waals surface area contributed by atoms with Crippen molar-refractivity contribution in [3.8, 4) is 0 Å². The normalized spacial score (nSPS) is 29.2. The molecule has 0 spiro atoms. The van der Waals surface area contributed by atoms with Gasteiger partial charge in [-0.25, -0.2) is 0 Å². The van der Waals surface area contributed by atoms with Crippen LogP contribution in [0, 0.1) is 17.8 Å². The van der Waals surface area contributed by atoms with Gasteiger partial charge >= 0.3 is 0 Å². The first-order chi connectivity index (χ1) is 9.02. The zero-order valence-electron chi connectivity index (χ0n) is 11.5. The molecule has 0 aromatic heterocycles. The summed E-state index contributed by atoms with van der Waals surface area (Å²) in [7, 11) is 0. The van der Waals surface area contributed by atoms with Crippen LogP contribution in [0.25, 0.3) is 0 Å². The van der Waals surface area contributed by atoms with Gasteiger partial charge in [-0.15, -0.1) is 0 Å². The van der Waals surface area contributed by atoms with Gasteiger partial charge in [0.2, 0.25) is 0 Å². The van der Waals surface area contributed by atoms with Crippen LogP contribution in [0.15, 0.2) is 22.7 Å². The Balaban J connectivity index is 2.20. The summed E-state index contributed by atoms with van der Waals surface area (Å²) in [4.78, 5) is 0. The number of benzene rings is 1. The van der Waals surface area contributed by atoms with E-state index in [4.69, 9.17) is 17.4 Å². The van der Waals surface area contributed by atoms with Crippen molar-refractivity contribution in [1.29, 1.82) is 0 Å². The molecule has 1 aliphatic rings. The zero-order valence-corrected chi connectivity index (χ0v) is 13.8. The van der Waals surface area contributed by atoms with E-state index in [1.54, 1.807) is 0 Å². The topological polar surface area (TPSA) is 38.0 Å². The summed E-state index contributed by atoms with van der Waals surface area (Å²) in [5.74, 6) is 8.00. The number of hydrogen-bond acceptors (Lipinski definition) is 2. The van der Waals surface area contributed by atoms with E-state index in [0.29, 0.717) is 5.92 Å². The van der Waals surface area contributed by atoms with E-state index in [2.05, 4.69) is 41.3 Å². The molecule has 1 aliphatic carbocycles. The first-order valence-corrected chi connectivity index (χ1v) is 8.11. The molecule has 1 fully saturated rings. The van der Waals surface area contributed by atoms with E-state index >= 15 is 0 Å². The van der Waals surface area contributed by atoms with Crippen molar-refractivity contribution in [2.45, 2.75) is 39.2 Å². The van der Waals surface area contributed by atoms with Gasteiger partial charge in [0.1, 0.15) is 0 Å². The maximum atomic E-state index is 6.01. The fraction of sp³-hybridized carbons (Fsp3) is 0.600. The highest BCUT2D eigenvalue weighted by atomic mass is 79.9. The highest BCUT2D eigenvalue weighted by molar-refractivity contribution is 9.10. The summed E-state index contributed by atoms with van der Waals surface area (Å²) in [6.45, 7) is 4.70. The van der Waals surface area contributed by atoms with Gasteiger partial charge in [0.05, 0.1) is 0 Å². The van der Waals surface area contributed by atoms with Crippen LogP contribution >= 0.6 is 27.5 Å². The molecule has 0 aliphatic heterocycles. The highest BCUT2D eigenvalue weighted by Gasteiger charge is 2.31. The minimum atomic E-state index is 0.196. The molecule has 4 heteroatoms. The van der Waals surface area contributed by atoms with Gasteiger partial charge in [-0.2, -0.15) is 0 Å². The Kier molecular flexibility index (Phi) is 5.29. The standard InChI is InChI=1S/C15H22BrClN2/c1-9-3-4-11(7-10(9)2)15(19-18)13-6-5-12(17)8-14(13)16/h5-6,8-11,15,19H,3-4,7,18H2,1-2H3. The van der Waals surface area contributed by atoms with Crippen molar-refractivity contribution < 1.29 is 0 Å². The van der Waals surface area contributed by atoms with Gasteiger partial charge in [0, 0.05) is 15.5 Å². The summed E-state index contributed by atoms with van der Waals surface area (Å²) >= 11 is 9.61. The maximum absolute atomic E-state index is 6.01. The van der Waals surface area contributed by atoms with Crippen LogP contribution in [0.2, 0.25) is 5.02 Å². The number of hydrogen-bond donors (Lipinski definition) is 2. The summed E-state index contributed by atoms with van der Waals surface area (Å²) in [5.41, 5.74) is 4.22.